The summed E-state index contributed by atoms with van der Waals surface area (Å²) in [4.78, 5) is 11.2. The minimum absolute atomic E-state index is 0.754. The number of hydrogen-bond acceptors (Lipinski definition) is 5. The molecule has 21 heavy (non-hydrogen) atoms. The number of rotatable bonds is 2. The minimum atomic E-state index is 0.754. The molecule has 2 heterocycles. The maximum absolute atomic E-state index is 6.01. The van der Waals surface area contributed by atoms with Crippen LogP contribution in [0.5, 0.6) is 0 Å². The van der Waals surface area contributed by atoms with Crippen molar-refractivity contribution in [2.45, 2.75) is 13.3 Å². The van der Waals surface area contributed by atoms with Crippen LogP contribution in [0.3, 0.4) is 0 Å². The number of aromatic nitrogens is 1. The average Bonchev–Trinajstić information content (AvgIpc) is 2.97. The van der Waals surface area contributed by atoms with Crippen LogP contribution in [0, 0.1) is 6.92 Å². The van der Waals surface area contributed by atoms with Gasteiger partial charge in [-0.2, -0.15) is 0 Å². The van der Waals surface area contributed by atoms with E-state index in [4.69, 9.17) is 16.6 Å². The fourth-order valence-corrected chi connectivity index (χ4v) is 3.31. The second-order valence-electron chi connectivity index (χ2n) is 5.02. The van der Waals surface area contributed by atoms with E-state index in [9.17, 15) is 0 Å². The zero-order chi connectivity index (χ0) is 14.8. The van der Waals surface area contributed by atoms with Crippen LogP contribution in [-0.4, -0.2) is 31.1 Å². The molecule has 0 radical (unpaired) electrons. The summed E-state index contributed by atoms with van der Waals surface area (Å²) in [5.41, 5.74) is 3.23. The number of guanidine groups is 1. The summed E-state index contributed by atoms with van der Waals surface area (Å²) in [6.07, 6.45) is 1.09. The number of nitrogens with zero attached hydrogens (tertiary/aromatic N) is 3. The van der Waals surface area contributed by atoms with Gasteiger partial charge in [-0.1, -0.05) is 17.7 Å². The molecule has 110 valence electrons. The molecular weight excluding hydrogens is 304 g/mol. The average molecular weight is 321 g/mol. The highest BCUT2D eigenvalue weighted by Gasteiger charge is 2.15. The molecule has 1 aromatic carbocycles. The minimum Gasteiger partial charge on any atom is -0.356 e. The molecule has 1 N–H and O–H groups in total. The number of aliphatic imine (C=N–C) groups is 1. The first-order valence-electron chi connectivity index (χ1n) is 6.89. The normalized spacial score (nSPS) is 14.5. The van der Waals surface area contributed by atoms with Crippen LogP contribution in [0.15, 0.2) is 28.6 Å². The van der Waals surface area contributed by atoms with Crippen molar-refractivity contribution in [3.63, 3.8) is 0 Å². The van der Waals surface area contributed by atoms with Crippen LogP contribution in [-0.2, 0) is 0 Å². The molecule has 1 aliphatic rings. The molecule has 0 amide bonds. The molecule has 1 aromatic heterocycles. The Bertz CT molecular complexity index is 680. The van der Waals surface area contributed by atoms with E-state index in [1.54, 1.807) is 11.3 Å². The molecule has 3 rings (SSSR count). The van der Waals surface area contributed by atoms with Crippen LogP contribution in [0.25, 0.3) is 11.3 Å². The molecule has 2 aromatic rings. The number of nitrogens with one attached hydrogen (secondary N) is 1. The Morgan fingerprint density at radius 1 is 1.38 bits per heavy atom. The van der Waals surface area contributed by atoms with Gasteiger partial charge in [0.1, 0.15) is 0 Å². The smallest absolute Gasteiger partial charge is 0.200 e. The third-order valence-electron chi connectivity index (χ3n) is 3.44. The van der Waals surface area contributed by atoms with E-state index in [2.05, 4.69) is 22.6 Å². The Balaban J connectivity index is 1.87. The van der Waals surface area contributed by atoms with E-state index < -0.39 is 0 Å². The molecule has 0 aliphatic carbocycles. The fourth-order valence-electron chi connectivity index (χ4n) is 2.29. The molecule has 0 atom stereocenters. The molecule has 1 aliphatic heterocycles. The summed E-state index contributed by atoms with van der Waals surface area (Å²) in [6, 6.07) is 5.89. The van der Waals surface area contributed by atoms with Gasteiger partial charge >= 0.3 is 0 Å². The predicted octanol–water partition coefficient (Wildman–Crippen LogP) is 3.56. The van der Waals surface area contributed by atoms with Crippen molar-refractivity contribution in [2.75, 3.05) is 25.0 Å². The van der Waals surface area contributed by atoms with Gasteiger partial charge in [-0.05, 0) is 31.0 Å². The largest absolute Gasteiger partial charge is 0.356 e. The lowest BCUT2D eigenvalue weighted by molar-refractivity contribution is 0.729. The van der Waals surface area contributed by atoms with E-state index in [0.717, 1.165) is 52.4 Å². The molecule has 6 heteroatoms. The van der Waals surface area contributed by atoms with Gasteiger partial charge in [0.2, 0.25) is 0 Å². The highest BCUT2D eigenvalue weighted by Crippen LogP contribution is 2.30. The molecule has 0 saturated carbocycles. The predicted molar refractivity (Wildman–Crippen MR) is 90.6 cm³/mol. The summed E-state index contributed by atoms with van der Waals surface area (Å²) in [5, 5.41) is 7.08. The first-order chi connectivity index (χ1) is 10.1. The molecule has 0 unspecified atom stereocenters. The molecule has 4 nitrogen and oxygen atoms in total. The van der Waals surface area contributed by atoms with E-state index in [0.29, 0.717) is 0 Å². The van der Waals surface area contributed by atoms with Gasteiger partial charge in [0, 0.05) is 36.1 Å². The maximum atomic E-state index is 6.01. The number of aryl methyl sites for hydroxylation is 1. The lowest BCUT2D eigenvalue weighted by atomic mass is 10.1. The van der Waals surface area contributed by atoms with Gasteiger partial charge in [0.15, 0.2) is 11.1 Å². The summed E-state index contributed by atoms with van der Waals surface area (Å²) in [5.74, 6) is 0.898. The SMILES string of the molecule is Cc1cc(Cl)ccc1-c1csc(N(C)C2=NCCCN2)n1. The molecular formula is C15H17ClN4S. The Kier molecular flexibility index (Phi) is 4.12. The third-order valence-corrected chi connectivity index (χ3v) is 4.59. The zero-order valence-electron chi connectivity index (χ0n) is 12.1. The third kappa shape index (κ3) is 3.04. The number of hydrogen-bond donors (Lipinski definition) is 1. The number of anilines is 1. The Morgan fingerprint density at radius 2 is 2.24 bits per heavy atom. The zero-order valence-corrected chi connectivity index (χ0v) is 13.6. The molecule has 0 spiro atoms. The molecule has 0 fully saturated rings. The number of thiazole rings is 1. The van der Waals surface area contributed by atoms with Gasteiger partial charge in [-0.3, -0.25) is 9.89 Å². The van der Waals surface area contributed by atoms with Crippen molar-refractivity contribution < 1.29 is 0 Å². The van der Waals surface area contributed by atoms with Gasteiger partial charge in [0.05, 0.1) is 5.69 Å². The van der Waals surface area contributed by atoms with Crippen LogP contribution in [0.4, 0.5) is 5.13 Å². The lowest BCUT2D eigenvalue weighted by Gasteiger charge is -2.22. The van der Waals surface area contributed by atoms with Gasteiger partial charge in [-0.25, -0.2) is 4.98 Å². The Morgan fingerprint density at radius 3 is 2.95 bits per heavy atom. The Hall–Kier alpha value is -1.59. The Labute approximate surface area is 133 Å². The first-order valence-corrected chi connectivity index (χ1v) is 8.15. The van der Waals surface area contributed by atoms with Gasteiger partial charge in [0.25, 0.3) is 0 Å². The standard InChI is InChI=1S/C15H17ClN4S/c1-10-8-11(16)4-5-12(10)13-9-21-15(19-13)20(2)14-17-6-3-7-18-14/h4-5,8-9H,3,6-7H2,1-2H3,(H,17,18). The van der Waals surface area contributed by atoms with Crippen LogP contribution >= 0.6 is 22.9 Å². The second kappa shape index (κ2) is 6.03. The summed E-state index contributed by atoms with van der Waals surface area (Å²) in [6.45, 7) is 3.90. The fraction of sp³-hybridized carbons (Fsp3) is 0.333. The van der Waals surface area contributed by atoms with Crippen LogP contribution < -0.4 is 10.2 Å². The number of benzene rings is 1. The maximum Gasteiger partial charge on any atom is 0.200 e. The van der Waals surface area contributed by atoms with Crippen molar-refractivity contribution in [3.05, 3.63) is 34.2 Å². The van der Waals surface area contributed by atoms with Crippen molar-refractivity contribution in [1.29, 1.82) is 0 Å². The second-order valence-corrected chi connectivity index (χ2v) is 6.29. The van der Waals surface area contributed by atoms with Gasteiger partial charge in [-0.15, -0.1) is 11.3 Å². The number of halogens is 1. The van der Waals surface area contributed by atoms with E-state index in [1.807, 2.05) is 30.1 Å². The quantitative estimate of drug-likeness (QED) is 0.919. The monoisotopic (exact) mass is 320 g/mol. The highest BCUT2D eigenvalue weighted by molar-refractivity contribution is 7.14. The topological polar surface area (TPSA) is 40.5 Å². The summed E-state index contributed by atoms with van der Waals surface area (Å²) < 4.78 is 0. The van der Waals surface area contributed by atoms with E-state index in [-0.39, 0.29) is 0 Å². The lowest BCUT2D eigenvalue weighted by Crippen LogP contribution is -2.42. The summed E-state index contributed by atoms with van der Waals surface area (Å²) in [7, 11) is 1.99. The van der Waals surface area contributed by atoms with E-state index >= 15 is 0 Å². The van der Waals surface area contributed by atoms with E-state index in [1.165, 1.54) is 0 Å². The van der Waals surface area contributed by atoms with Crippen molar-refractivity contribution in [3.8, 4) is 11.3 Å². The molecule has 0 bridgehead atoms. The van der Waals surface area contributed by atoms with Crippen LogP contribution in [0.1, 0.15) is 12.0 Å². The highest BCUT2D eigenvalue weighted by atomic mass is 35.5. The summed E-state index contributed by atoms with van der Waals surface area (Å²) >= 11 is 7.63. The van der Waals surface area contributed by atoms with Crippen LogP contribution in [0.2, 0.25) is 5.02 Å². The first kappa shape index (κ1) is 14.4. The van der Waals surface area contributed by atoms with Gasteiger partial charge < -0.3 is 5.32 Å². The van der Waals surface area contributed by atoms with Crippen molar-refractivity contribution in [1.82, 2.24) is 10.3 Å². The molecule has 0 saturated heterocycles. The van der Waals surface area contributed by atoms with Crippen molar-refractivity contribution in [2.24, 2.45) is 4.99 Å². The van der Waals surface area contributed by atoms with Crippen molar-refractivity contribution >= 4 is 34.0 Å².